The van der Waals surface area contributed by atoms with Crippen molar-refractivity contribution in [1.29, 1.82) is 0 Å². The van der Waals surface area contributed by atoms with Crippen LogP contribution in [0.3, 0.4) is 0 Å². The van der Waals surface area contributed by atoms with Crippen LogP contribution in [0, 0.1) is 0 Å². The van der Waals surface area contributed by atoms with E-state index in [1.165, 1.54) is 77.2 Å². The third kappa shape index (κ3) is 15.7. The van der Waals surface area contributed by atoms with E-state index in [4.69, 9.17) is 0 Å². The van der Waals surface area contributed by atoms with Crippen LogP contribution in [0.4, 0.5) is 0 Å². The lowest BCUT2D eigenvalue weighted by molar-refractivity contribution is 0.545. The average molecular weight is 253 g/mol. The molecule has 0 saturated carbocycles. The summed E-state index contributed by atoms with van der Waals surface area (Å²) in [7, 11) is 0. The first-order valence-corrected chi connectivity index (χ1v) is 8.23. The summed E-state index contributed by atoms with van der Waals surface area (Å²) < 4.78 is 0. The van der Waals surface area contributed by atoms with E-state index in [1.54, 1.807) is 0 Å². The molecule has 0 amide bonds. The van der Waals surface area contributed by atoms with Crippen molar-refractivity contribution in [3.63, 3.8) is 0 Å². The second-order valence-corrected chi connectivity index (χ2v) is 5.29. The maximum atomic E-state index is 3.49. The van der Waals surface area contributed by atoms with Crippen molar-refractivity contribution in [3.05, 3.63) is 12.2 Å². The SMILES string of the molecule is C/C=C/CCNCCCCCCCCCCCC. The fourth-order valence-electron chi connectivity index (χ4n) is 2.21. The topological polar surface area (TPSA) is 12.0 Å². The number of hydrogen-bond donors (Lipinski definition) is 1. The van der Waals surface area contributed by atoms with Crippen molar-refractivity contribution >= 4 is 0 Å². The summed E-state index contributed by atoms with van der Waals surface area (Å²) in [5, 5.41) is 3.49. The molecule has 0 fully saturated rings. The zero-order chi connectivity index (χ0) is 13.3. The molecule has 0 aromatic carbocycles. The van der Waals surface area contributed by atoms with E-state index in [2.05, 4.69) is 31.3 Å². The normalized spacial score (nSPS) is 11.4. The standard InChI is InChI=1S/C17H35N/c1-3-5-7-8-9-10-11-12-13-15-17-18-16-14-6-4-2/h4,6,18H,3,5,7-17H2,1-2H3/b6-4+. The van der Waals surface area contributed by atoms with Gasteiger partial charge in [0.15, 0.2) is 0 Å². The Bertz CT molecular complexity index is 163. The van der Waals surface area contributed by atoms with Crippen LogP contribution in [0.1, 0.15) is 84.5 Å². The van der Waals surface area contributed by atoms with Crippen molar-refractivity contribution in [1.82, 2.24) is 5.32 Å². The third-order valence-corrected chi connectivity index (χ3v) is 3.43. The first kappa shape index (κ1) is 17.7. The van der Waals surface area contributed by atoms with Gasteiger partial charge in [-0.1, -0.05) is 76.9 Å². The van der Waals surface area contributed by atoms with Gasteiger partial charge in [0.1, 0.15) is 0 Å². The van der Waals surface area contributed by atoms with Gasteiger partial charge in [0.05, 0.1) is 0 Å². The van der Waals surface area contributed by atoms with E-state index in [0.29, 0.717) is 0 Å². The Kier molecular flexibility index (Phi) is 16.4. The van der Waals surface area contributed by atoms with Crippen molar-refractivity contribution in [3.8, 4) is 0 Å². The molecule has 18 heavy (non-hydrogen) atoms. The molecule has 1 nitrogen and oxygen atoms in total. The Balaban J connectivity index is 2.90. The van der Waals surface area contributed by atoms with Crippen LogP contribution in [0.5, 0.6) is 0 Å². The van der Waals surface area contributed by atoms with Crippen LogP contribution in [0.2, 0.25) is 0 Å². The predicted molar refractivity (Wildman–Crippen MR) is 84.1 cm³/mol. The van der Waals surface area contributed by atoms with Crippen LogP contribution in [-0.2, 0) is 0 Å². The smallest absolute Gasteiger partial charge is 0.00143 e. The van der Waals surface area contributed by atoms with Crippen LogP contribution < -0.4 is 5.32 Å². The van der Waals surface area contributed by atoms with E-state index >= 15 is 0 Å². The Morgan fingerprint density at radius 3 is 1.83 bits per heavy atom. The van der Waals surface area contributed by atoms with E-state index < -0.39 is 0 Å². The highest BCUT2D eigenvalue weighted by atomic mass is 14.8. The lowest BCUT2D eigenvalue weighted by Crippen LogP contribution is -2.15. The molecule has 0 saturated heterocycles. The van der Waals surface area contributed by atoms with Gasteiger partial charge < -0.3 is 5.32 Å². The Labute approximate surface area is 115 Å². The molecule has 0 rings (SSSR count). The number of allylic oxidation sites excluding steroid dienone is 1. The highest BCUT2D eigenvalue weighted by Gasteiger charge is 1.92. The molecule has 0 spiro atoms. The second-order valence-electron chi connectivity index (χ2n) is 5.29. The van der Waals surface area contributed by atoms with E-state index in [1.807, 2.05) is 0 Å². The molecule has 1 heteroatoms. The zero-order valence-corrected chi connectivity index (χ0v) is 12.8. The average Bonchev–Trinajstić information content (AvgIpc) is 2.39. The second kappa shape index (κ2) is 16.7. The minimum Gasteiger partial charge on any atom is -0.316 e. The summed E-state index contributed by atoms with van der Waals surface area (Å²) in [6.45, 7) is 6.71. The minimum absolute atomic E-state index is 1.14. The molecule has 0 atom stereocenters. The van der Waals surface area contributed by atoms with Gasteiger partial charge in [0, 0.05) is 0 Å². The van der Waals surface area contributed by atoms with Crippen molar-refractivity contribution < 1.29 is 0 Å². The van der Waals surface area contributed by atoms with Crippen LogP contribution in [0.15, 0.2) is 12.2 Å². The minimum atomic E-state index is 1.14. The largest absolute Gasteiger partial charge is 0.316 e. The van der Waals surface area contributed by atoms with Crippen molar-refractivity contribution in [2.45, 2.75) is 84.5 Å². The van der Waals surface area contributed by atoms with Crippen LogP contribution in [-0.4, -0.2) is 13.1 Å². The molecule has 0 aliphatic rings. The van der Waals surface area contributed by atoms with Gasteiger partial charge in [-0.3, -0.25) is 0 Å². The number of rotatable bonds is 14. The first-order valence-electron chi connectivity index (χ1n) is 8.23. The Morgan fingerprint density at radius 2 is 1.28 bits per heavy atom. The number of unbranched alkanes of at least 4 members (excludes halogenated alkanes) is 9. The molecular weight excluding hydrogens is 218 g/mol. The molecule has 0 heterocycles. The summed E-state index contributed by atoms with van der Waals surface area (Å²) >= 11 is 0. The fourth-order valence-corrected chi connectivity index (χ4v) is 2.21. The van der Waals surface area contributed by atoms with Crippen LogP contribution in [0.25, 0.3) is 0 Å². The van der Waals surface area contributed by atoms with Crippen molar-refractivity contribution in [2.24, 2.45) is 0 Å². The number of hydrogen-bond acceptors (Lipinski definition) is 1. The summed E-state index contributed by atoms with van der Waals surface area (Å²) in [6, 6.07) is 0. The van der Waals surface area contributed by atoms with E-state index in [-0.39, 0.29) is 0 Å². The molecule has 0 unspecified atom stereocenters. The molecule has 0 aromatic heterocycles. The lowest BCUT2D eigenvalue weighted by Gasteiger charge is -2.03. The van der Waals surface area contributed by atoms with Gasteiger partial charge in [0.2, 0.25) is 0 Å². The molecule has 0 aliphatic carbocycles. The van der Waals surface area contributed by atoms with Gasteiger partial charge in [-0.05, 0) is 32.9 Å². The molecular formula is C17H35N. The highest BCUT2D eigenvalue weighted by Crippen LogP contribution is 2.10. The zero-order valence-electron chi connectivity index (χ0n) is 12.8. The third-order valence-electron chi connectivity index (χ3n) is 3.43. The molecule has 0 aromatic rings. The molecule has 108 valence electrons. The number of nitrogens with one attached hydrogen (secondary N) is 1. The van der Waals surface area contributed by atoms with E-state index in [0.717, 1.165) is 6.54 Å². The van der Waals surface area contributed by atoms with Gasteiger partial charge in [-0.2, -0.15) is 0 Å². The summed E-state index contributed by atoms with van der Waals surface area (Å²) in [5.41, 5.74) is 0. The maximum Gasteiger partial charge on any atom is -0.00143 e. The van der Waals surface area contributed by atoms with Crippen LogP contribution >= 0.6 is 0 Å². The van der Waals surface area contributed by atoms with Gasteiger partial charge >= 0.3 is 0 Å². The quantitative estimate of drug-likeness (QED) is 0.320. The lowest BCUT2D eigenvalue weighted by atomic mass is 10.1. The fraction of sp³-hybridized carbons (Fsp3) is 0.882. The van der Waals surface area contributed by atoms with Crippen molar-refractivity contribution in [2.75, 3.05) is 13.1 Å². The first-order chi connectivity index (χ1) is 8.91. The highest BCUT2D eigenvalue weighted by molar-refractivity contribution is 4.77. The maximum absolute atomic E-state index is 3.49. The summed E-state index contributed by atoms with van der Waals surface area (Å²) in [5.74, 6) is 0. The predicted octanol–water partition coefficient (Wildman–Crippen LogP) is 5.46. The van der Waals surface area contributed by atoms with Gasteiger partial charge in [-0.25, -0.2) is 0 Å². The Hall–Kier alpha value is -0.300. The molecule has 0 radical (unpaired) electrons. The molecule has 0 aliphatic heterocycles. The summed E-state index contributed by atoms with van der Waals surface area (Å²) in [6.07, 6.45) is 19.8. The molecule has 0 bridgehead atoms. The van der Waals surface area contributed by atoms with E-state index in [9.17, 15) is 0 Å². The molecule has 1 N–H and O–H groups in total. The van der Waals surface area contributed by atoms with Gasteiger partial charge in [0.25, 0.3) is 0 Å². The summed E-state index contributed by atoms with van der Waals surface area (Å²) in [4.78, 5) is 0. The van der Waals surface area contributed by atoms with Gasteiger partial charge in [-0.15, -0.1) is 0 Å². The monoisotopic (exact) mass is 253 g/mol. The Morgan fingerprint density at radius 1 is 0.722 bits per heavy atom.